The third kappa shape index (κ3) is 3.06. The molecule has 0 N–H and O–H groups in total. The quantitative estimate of drug-likeness (QED) is 0.440. The van der Waals surface area contributed by atoms with Gasteiger partial charge in [0.05, 0.1) is 30.7 Å². The van der Waals surface area contributed by atoms with Crippen molar-refractivity contribution in [2.75, 3.05) is 18.6 Å². The number of thiazole rings is 1. The molecule has 1 atom stereocenters. The molecular formula is C24H20N2O5S. The smallest absolute Gasteiger partial charge is 0.297 e. The van der Waals surface area contributed by atoms with Gasteiger partial charge < -0.3 is 13.9 Å². The van der Waals surface area contributed by atoms with E-state index in [1.165, 1.54) is 16.2 Å². The van der Waals surface area contributed by atoms with Gasteiger partial charge >= 0.3 is 0 Å². The predicted molar refractivity (Wildman–Crippen MR) is 122 cm³/mol. The van der Waals surface area contributed by atoms with Crippen LogP contribution in [0.4, 0.5) is 5.13 Å². The van der Waals surface area contributed by atoms with Gasteiger partial charge in [-0.3, -0.25) is 14.5 Å². The number of amides is 1. The third-order valence-electron chi connectivity index (χ3n) is 5.45. The molecule has 162 valence electrons. The van der Waals surface area contributed by atoms with Crippen LogP contribution in [0.2, 0.25) is 0 Å². The van der Waals surface area contributed by atoms with Crippen molar-refractivity contribution in [3.63, 3.8) is 0 Å². The van der Waals surface area contributed by atoms with Gasteiger partial charge in [0.25, 0.3) is 5.91 Å². The van der Waals surface area contributed by atoms with Crippen molar-refractivity contribution in [3.8, 4) is 11.5 Å². The number of hydrogen-bond acceptors (Lipinski definition) is 7. The summed E-state index contributed by atoms with van der Waals surface area (Å²) in [5.41, 5.74) is 2.10. The molecule has 8 heteroatoms. The number of aryl methyl sites for hydroxylation is 1. The Bertz CT molecular complexity index is 1390. The fourth-order valence-electron chi connectivity index (χ4n) is 4.06. The molecule has 0 bridgehead atoms. The largest absolute Gasteiger partial charge is 0.493 e. The summed E-state index contributed by atoms with van der Waals surface area (Å²) in [5.74, 6) is 0.752. The molecule has 1 aliphatic heterocycles. The first-order valence-corrected chi connectivity index (χ1v) is 11.0. The van der Waals surface area contributed by atoms with E-state index in [2.05, 4.69) is 4.98 Å². The van der Waals surface area contributed by atoms with Gasteiger partial charge in [-0.2, -0.15) is 0 Å². The molecule has 0 spiro atoms. The predicted octanol–water partition coefficient (Wildman–Crippen LogP) is 4.72. The number of benzene rings is 2. The van der Waals surface area contributed by atoms with Gasteiger partial charge in [0.15, 0.2) is 22.1 Å². The summed E-state index contributed by atoms with van der Waals surface area (Å²) in [6, 6.07) is 10.1. The minimum atomic E-state index is -0.700. The molecule has 5 rings (SSSR count). The van der Waals surface area contributed by atoms with Crippen LogP contribution < -0.4 is 19.8 Å². The molecule has 3 heterocycles. The lowest BCUT2D eigenvalue weighted by Crippen LogP contribution is -2.29. The Morgan fingerprint density at radius 3 is 2.72 bits per heavy atom. The number of anilines is 1. The van der Waals surface area contributed by atoms with Crippen molar-refractivity contribution in [1.82, 2.24) is 4.98 Å². The van der Waals surface area contributed by atoms with Crippen molar-refractivity contribution < 1.29 is 18.7 Å². The average molecular weight is 449 g/mol. The first-order chi connectivity index (χ1) is 15.5. The van der Waals surface area contributed by atoms with Crippen molar-refractivity contribution in [2.24, 2.45) is 0 Å². The van der Waals surface area contributed by atoms with E-state index >= 15 is 0 Å². The van der Waals surface area contributed by atoms with Crippen molar-refractivity contribution in [3.05, 3.63) is 80.6 Å². The first kappa shape index (κ1) is 20.3. The number of methoxy groups -OCH3 is 1. The van der Waals surface area contributed by atoms with E-state index in [0.29, 0.717) is 45.3 Å². The van der Waals surface area contributed by atoms with Gasteiger partial charge in [-0.25, -0.2) is 4.98 Å². The summed E-state index contributed by atoms with van der Waals surface area (Å²) in [6.45, 7) is 4.29. The number of carbonyl (C=O) groups excluding carboxylic acids is 1. The average Bonchev–Trinajstić information content (AvgIpc) is 3.41. The maximum Gasteiger partial charge on any atom is 0.297 e. The maximum absolute atomic E-state index is 13.6. The fraction of sp³-hybridized carbons (Fsp3) is 0.208. The Labute approximate surface area is 187 Å². The first-order valence-electron chi connectivity index (χ1n) is 10.1. The van der Waals surface area contributed by atoms with E-state index in [-0.39, 0.29) is 11.2 Å². The number of hydrogen-bond donors (Lipinski definition) is 0. The third-order valence-corrected chi connectivity index (χ3v) is 6.22. The fourth-order valence-corrected chi connectivity index (χ4v) is 4.73. The molecule has 32 heavy (non-hydrogen) atoms. The number of nitrogens with zero attached hydrogens (tertiary/aromatic N) is 2. The number of aromatic nitrogens is 1. The topological polar surface area (TPSA) is 81.9 Å². The lowest BCUT2D eigenvalue weighted by molar-refractivity contribution is 0.0971. The van der Waals surface area contributed by atoms with Crippen LogP contribution in [0.3, 0.4) is 0 Å². The van der Waals surface area contributed by atoms with E-state index in [0.717, 1.165) is 5.56 Å². The zero-order valence-corrected chi connectivity index (χ0v) is 18.6. The zero-order valence-electron chi connectivity index (χ0n) is 17.7. The van der Waals surface area contributed by atoms with E-state index in [1.807, 2.05) is 26.0 Å². The molecule has 0 fully saturated rings. The molecule has 0 aliphatic carbocycles. The van der Waals surface area contributed by atoms with Gasteiger partial charge in [0, 0.05) is 11.6 Å². The number of fused-ring (bicyclic) bond motifs is 2. The normalized spacial score (nSPS) is 15.3. The molecule has 2 aromatic carbocycles. The van der Waals surface area contributed by atoms with Crippen LogP contribution in [0, 0.1) is 6.92 Å². The molecule has 1 aliphatic rings. The lowest BCUT2D eigenvalue weighted by Gasteiger charge is -2.23. The van der Waals surface area contributed by atoms with Crippen LogP contribution in [0.1, 0.15) is 40.2 Å². The molecule has 2 aromatic heterocycles. The van der Waals surface area contributed by atoms with Crippen LogP contribution in [0.15, 0.2) is 57.2 Å². The summed E-state index contributed by atoms with van der Waals surface area (Å²) in [5, 5.41) is 2.72. The Morgan fingerprint density at radius 2 is 2.00 bits per heavy atom. The van der Waals surface area contributed by atoms with E-state index < -0.39 is 11.9 Å². The molecule has 4 aromatic rings. The number of rotatable bonds is 5. The standard InChI is InChI=1S/C24H20N2O5S/c1-4-30-17-8-6-14(12-18(17)29-3)20-19-21(27)15-11-13(2)5-7-16(15)31-22(19)23(28)26(20)24-25-9-10-32-24/h5-12,20H,4H2,1-3H3. The van der Waals surface area contributed by atoms with Crippen LogP contribution in [-0.2, 0) is 0 Å². The van der Waals surface area contributed by atoms with Gasteiger partial charge in [0.1, 0.15) is 5.58 Å². The van der Waals surface area contributed by atoms with E-state index in [4.69, 9.17) is 13.9 Å². The van der Waals surface area contributed by atoms with Crippen LogP contribution in [0.5, 0.6) is 11.5 Å². The summed E-state index contributed by atoms with van der Waals surface area (Å²) < 4.78 is 17.1. The van der Waals surface area contributed by atoms with Crippen molar-refractivity contribution in [2.45, 2.75) is 19.9 Å². The van der Waals surface area contributed by atoms with Crippen molar-refractivity contribution in [1.29, 1.82) is 0 Å². The molecule has 0 saturated carbocycles. The Hall–Kier alpha value is -3.65. The minimum absolute atomic E-state index is 0.0411. The molecular weight excluding hydrogens is 428 g/mol. The number of carbonyl (C=O) groups is 1. The molecule has 1 unspecified atom stereocenters. The summed E-state index contributed by atoms with van der Waals surface area (Å²) in [6.07, 6.45) is 1.63. The van der Waals surface area contributed by atoms with Crippen LogP contribution >= 0.6 is 11.3 Å². The Morgan fingerprint density at radius 1 is 1.16 bits per heavy atom. The van der Waals surface area contributed by atoms with E-state index in [1.54, 1.807) is 43.0 Å². The highest BCUT2D eigenvalue weighted by atomic mass is 32.1. The van der Waals surface area contributed by atoms with Gasteiger partial charge in [0.2, 0.25) is 5.76 Å². The van der Waals surface area contributed by atoms with Crippen LogP contribution in [-0.4, -0.2) is 24.6 Å². The second kappa shape index (κ2) is 7.80. The Kier molecular flexibility index (Phi) is 4.94. The van der Waals surface area contributed by atoms with Crippen LogP contribution in [0.25, 0.3) is 11.0 Å². The highest BCUT2D eigenvalue weighted by Crippen LogP contribution is 2.43. The Balaban J connectivity index is 1.78. The highest BCUT2D eigenvalue weighted by Gasteiger charge is 2.45. The molecule has 0 radical (unpaired) electrons. The SMILES string of the molecule is CCOc1ccc(C2c3c(oc4ccc(C)cc4c3=O)C(=O)N2c2nccs2)cc1OC. The molecule has 0 saturated heterocycles. The van der Waals surface area contributed by atoms with Gasteiger partial charge in [-0.1, -0.05) is 17.7 Å². The molecule has 1 amide bonds. The maximum atomic E-state index is 13.6. The molecule has 7 nitrogen and oxygen atoms in total. The number of ether oxygens (including phenoxy) is 2. The second-order valence-electron chi connectivity index (χ2n) is 7.41. The van der Waals surface area contributed by atoms with Gasteiger partial charge in [-0.15, -0.1) is 11.3 Å². The summed E-state index contributed by atoms with van der Waals surface area (Å²) >= 11 is 1.32. The minimum Gasteiger partial charge on any atom is -0.493 e. The van der Waals surface area contributed by atoms with E-state index in [9.17, 15) is 9.59 Å². The monoisotopic (exact) mass is 448 g/mol. The van der Waals surface area contributed by atoms with Gasteiger partial charge in [-0.05, 0) is 43.7 Å². The zero-order chi connectivity index (χ0) is 22.4. The lowest BCUT2D eigenvalue weighted by atomic mass is 9.98. The van der Waals surface area contributed by atoms with Crippen molar-refractivity contribution >= 4 is 33.3 Å². The second-order valence-corrected chi connectivity index (χ2v) is 8.28. The summed E-state index contributed by atoms with van der Waals surface area (Å²) in [7, 11) is 1.55. The highest BCUT2D eigenvalue weighted by molar-refractivity contribution is 7.13. The summed E-state index contributed by atoms with van der Waals surface area (Å²) in [4.78, 5) is 32.9.